The van der Waals surface area contributed by atoms with E-state index in [9.17, 15) is 14.0 Å². The zero-order chi connectivity index (χ0) is 21.7. The van der Waals surface area contributed by atoms with E-state index >= 15 is 0 Å². The minimum atomic E-state index is -0.594. The van der Waals surface area contributed by atoms with E-state index in [1.165, 1.54) is 30.0 Å². The molecule has 0 radical (unpaired) electrons. The van der Waals surface area contributed by atoms with Gasteiger partial charge in [0.15, 0.2) is 11.0 Å². The first-order chi connectivity index (χ1) is 14.3. The predicted octanol–water partition coefficient (Wildman–Crippen LogP) is 3.83. The molecule has 0 aliphatic heterocycles. The van der Waals surface area contributed by atoms with Crippen LogP contribution < -0.4 is 10.6 Å². The lowest BCUT2D eigenvalue weighted by atomic mass is 10.2. The van der Waals surface area contributed by atoms with Crippen LogP contribution in [0.3, 0.4) is 0 Å². The maximum absolute atomic E-state index is 13.8. The van der Waals surface area contributed by atoms with Gasteiger partial charge in [0.05, 0.1) is 17.4 Å². The van der Waals surface area contributed by atoms with E-state index < -0.39 is 17.8 Å². The first-order valence-electron chi connectivity index (χ1n) is 8.98. The van der Waals surface area contributed by atoms with Crippen LogP contribution in [0.15, 0.2) is 53.7 Å². The molecule has 0 aliphatic rings. The molecule has 3 rings (SSSR count). The molecule has 2 amide bonds. The number of rotatable bonds is 7. The second-order valence-corrected chi connectivity index (χ2v) is 7.80. The summed E-state index contributed by atoms with van der Waals surface area (Å²) in [5, 5.41) is 14.8. The average Bonchev–Trinajstić information content (AvgIpc) is 3.09. The van der Waals surface area contributed by atoms with Gasteiger partial charge in [-0.05, 0) is 43.3 Å². The number of aromatic nitrogens is 3. The highest BCUT2D eigenvalue weighted by Crippen LogP contribution is 2.20. The number of hydrogen-bond donors (Lipinski definition) is 2. The molecule has 156 valence electrons. The summed E-state index contributed by atoms with van der Waals surface area (Å²) in [6.45, 7) is 1.73. The Bertz CT molecular complexity index is 1060. The van der Waals surface area contributed by atoms with Crippen LogP contribution in [0.25, 0.3) is 0 Å². The van der Waals surface area contributed by atoms with Crippen LogP contribution in [0.1, 0.15) is 29.1 Å². The van der Waals surface area contributed by atoms with Crippen LogP contribution in [0, 0.1) is 5.82 Å². The minimum Gasteiger partial charge on any atom is -0.342 e. The van der Waals surface area contributed by atoms with Crippen LogP contribution in [0.2, 0.25) is 5.02 Å². The summed E-state index contributed by atoms with van der Waals surface area (Å²) in [7, 11) is 1.74. The molecule has 0 saturated carbocycles. The van der Waals surface area contributed by atoms with Gasteiger partial charge in [0.1, 0.15) is 5.82 Å². The zero-order valence-electron chi connectivity index (χ0n) is 16.2. The lowest BCUT2D eigenvalue weighted by Crippen LogP contribution is -2.29. The van der Waals surface area contributed by atoms with Gasteiger partial charge in [0, 0.05) is 17.8 Å². The van der Waals surface area contributed by atoms with Crippen LogP contribution in [-0.4, -0.2) is 32.3 Å². The molecule has 0 spiro atoms. The number of anilines is 1. The van der Waals surface area contributed by atoms with Crippen molar-refractivity contribution in [3.63, 3.8) is 0 Å². The Hall–Kier alpha value is -2.91. The molecular weight excluding hydrogens is 429 g/mol. The number of carbonyl (C=O) groups excluding carboxylic acids is 2. The second-order valence-electron chi connectivity index (χ2n) is 6.42. The molecule has 2 N–H and O–H groups in total. The summed E-state index contributed by atoms with van der Waals surface area (Å²) < 4.78 is 15.5. The van der Waals surface area contributed by atoms with Gasteiger partial charge in [-0.1, -0.05) is 35.5 Å². The topological polar surface area (TPSA) is 88.9 Å². The zero-order valence-corrected chi connectivity index (χ0v) is 17.8. The van der Waals surface area contributed by atoms with Crippen molar-refractivity contribution >= 4 is 40.9 Å². The summed E-state index contributed by atoms with van der Waals surface area (Å²) in [5.74, 6) is -0.721. The first kappa shape index (κ1) is 21.8. The van der Waals surface area contributed by atoms with E-state index in [1.54, 1.807) is 48.9 Å². The monoisotopic (exact) mass is 447 g/mol. The highest BCUT2D eigenvalue weighted by atomic mass is 35.5. The van der Waals surface area contributed by atoms with E-state index in [-0.39, 0.29) is 17.2 Å². The maximum Gasteiger partial charge on any atom is 0.254 e. The number of nitrogens with zero attached hydrogens (tertiary/aromatic N) is 3. The third-order valence-electron chi connectivity index (χ3n) is 4.18. The SMILES string of the molecule is C[C@H](NC(=O)c1ccccc1F)c1nnc(SCC(=O)Nc2ccc(Cl)cc2)n1C. The molecule has 1 heterocycles. The fourth-order valence-electron chi connectivity index (χ4n) is 2.67. The molecule has 0 bridgehead atoms. The van der Waals surface area contributed by atoms with Crippen LogP contribution in [-0.2, 0) is 11.8 Å². The van der Waals surface area contributed by atoms with E-state index in [0.29, 0.717) is 21.7 Å². The van der Waals surface area contributed by atoms with Crippen molar-refractivity contribution < 1.29 is 14.0 Å². The quantitative estimate of drug-likeness (QED) is 0.537. The summed E-state index contributed by atoms with van der Waals surface area (Å²) >= 11 is 7.04. The number of benzene rings is 2. The maximum atomic E-state index is 13.8. The van der Waals surface area contributed by atoms with Gasteiger partial charge < -0.3 is 15.2 Å². The lowest BCUT2D eigenvalue weighted by Gasteiger charge is -2.14. The highest BCUT2D eigenvalue weighted by molar-refractivity contribution is 7.99. The predicted molar refractivity (Wildman–Crippen MR) is 114 cm³/mol. The van der Waals surface area contributed by atoms with Crippen molar-refractivity contribution in [3.8, 4) is 0 Å². The van der Waals surface area contributed by atoms with Crippen LogP contribution in [0.4, 0.5) is 10.1 Å². The molecule has 0 saturated heterocycles. The third kappa shape index (κ3) is 5.37. The van der Waals surface area contributed by atoms with Gasteiger partial charge in [-0.25, -0.2) is 4.39 Å². The minimum absolute atomic E-state index is 0.0417. The molecule has 7 nitrogen and oxygen atoms in total. The summed E-state index contributed by atoms with van der Waals surface area (Å²) in [6.07, 6.45) is 0. The van der Waals surface area contributed by atoms with Crippen LogP contribution >= 0.6 is 23.4 Å². The normalized spacial score (nSPS) is 11.7. The number of halogens is 2. The van der Waals surface area contributed by atoms with E-state index in [2.05, 4.69) is 20.8 Å². The number of thioether (sulfide) groups is 1. The summed E-state index contributed by atoms with van der Waals surface area (Å²) in [6, 6.07) is 12.1. The fourth-order valence-corrected chi connectivity index (χ4v) is 3.52. The van der Waals surface area contributed by atoms with Crippen molar-refractivity contribution in [3.05, 3.63) is 70.8 Å². The van der Waals surface area contributed by atoms with Gasteiger partial charge in [-0.2, -0.15) is 0 Å². The standard InChI is InChI=1S/C20H19ClFN5O2S/c1-12(23-19(29)15-5-3-4-6-16(15)22)18-25-26-20(27(18)2)30-11-17(28)24-14-9-7-13(21)8-10-14/h3-10,12H,11H2,1-2H3,(H,23,29)(H,24,28)/t12-/m0/s1. The van der Waals surface area contributed by atoms with Crippen molar-refractivity contribution in [2.45, 2.75) is 18.1 Å². The molecule has 0 fully saturated rings. The molecule has 1 aromatic heterocycles. The molecule has 2 aromatic carbocycles. The second kappa shape index (κ2) is 9.73. The Morgan fingerprint density at radius 1 is 1.17 bits per heavy atom. The van der Waals surface area contributed by atoms with Gasteiger partial charge in [-0.3, -0.25) is 9.59 Å². The van der Waals surface area contributed by atoms with Crippen molar-refractivity contribution in [2.24, 2.45) is 7.05 Å². The van der Waals surface area contributed by atoms with E-state index in [0.717, 1.165) is 0 Å². The molecular formula is C20H19ClFN5O2S. The van der Waals surface area contributed by atoms with E-state index in [1.807, 2.05) is 0 Å². The molecule has 0 unspecified atom stereocenters. The average molecular weight is 448 g/mol. The third-order valence-corrected chi connectivity index (χ3v) is 5.45. The van der Waals surface area contributed by atoms with Gasteiger partial charge >= 0.3 is 0 Å². The Balaban J connectivity index is 1.58. The smallest absolute Gasteiger partial charge is 0.254 e. The van der Waals surface area contributed by atoms with Crippen LogP contribution in [0.5, 0.6) is 0 Å². The van der Waals surface area contributed by atoms with E-state index in [4.69, 9.17) is 11.6 Å². The van der Waals surface area contributed by atoms with Gasteiger partial charge in [0.2, 0.25) is 5.91 Å². The van der Waals surface area contributed by atoms with Gasteiger partial charge in [-0.15, -0.1) is 10.2 Å². The molecule has 1 atom stereocenters. The number of nitrogens with one attached hydrogen (secondary N) is 2. The fraction of sp³-hybridized carbons (Fsp3) is 0.200. The lowest BCUT2D eigenvalue weighted by molar-refractivity contribution is -0.113. The molecule has 3 aromatic rings. The molecule has 0 aliphatic carbocycles. The Morgan fingerprint density at radius 3 is 2.57 bits per heavy atom. The summed E-state index contributed by atoms with van der Waals surface area (Å²) in [5.41, 5.74) is 0.605. The van der Waals surface area contributed by atoms with Crippen molar-refractivity contribution in [2.75, 3.05) is 11.1 Å². The number of hydrogen-bond acceptors (Lipinski definition) is 5. The largest absolute Gasteiger partial charge is 0.342 e. The molecule has 30 heavy (non-hydrogen) atoms. The highest BCUT2D eigenvalue weighted by Gasteiger charge is 2.20. The van der Waals surface area contributed by atoms with Crippen molar-refractivity contribution in [1.29, 1.82) is 0 Å². The Kier molecular flexibility index (Phi) is 7.07. The molecule has 10 heteroatoms. The Morgan fingerprint density at radius 2 is 1.87 bits per heavy atom. The number of carbonyl (C=O) groups is 2. The number of amides is 2. The Labute approximate surface area is 182 Å². The first-order valence-corrected chi connectivity index (χ1v) is 10.3. The van der Waals surface area contributed by atoms with Crippen molar-refractivity contribution in [1.82, 2.24) is 20.1 Å². The van der Waals surface area contributed by atoms with Gasteiger partial charge in [0.25, 0.3) is 5.91 Å². The summed E-state index contributed by atoms with van der Waals surface area (Å²) in [4.78, 5) is 24.4.